The second-order valence-corrected chi connectivity index (χ2v) is 6.94. The predicted molar refractivity (Wildman–Crippen MR) is 108 cm³/mol. The van der Waals surface area contributed by atoms with Crippen LogP contribution in [0, 0.1) is 0 Å². The van der Waals surface area contributed by atoms with Crippen molar-refractivity contribution in [3.05, 3.63) is 65.7 Å². The monoisotopic (exact) mass is 379 g/mol. The molecule has 0 unspecified atom stereocenters. The minimum atomic E-state index is -1.11. The van der Waals surface area contributed by atoms with Crippen LogP contribution in [0.1, 0.15) is 37.8 Å². The molecule has 0 aromatic heterocycles. The number of carbonyl (C=O) groups excluding carboxylic acids is 3. The molecule has 146 valence electrons. The standard InChI is InChI=1S/C22H25N3O3/c1-3-14-22(17-8-6-5-7-9-17)20(27)25(21(28)24-22)15-19(26)23-18-12-10-16(4-2)11-13-18/h5-13H,3-4,14-15H2,1-2H3,(H,23,26)(H,24,28)/t22-/m1/s1. The number of hydrogen-bond acceptors (Lipinski definition) is 3. The number of rotatable bonds is 7. The lowest BCUT2D eigenvalue weighted by molar-refractivity contribution is -0.134. The van der Waals surface area contributed by atoms with Gasteiger partial charge in [-0.1, -0.05) is 62.7 Å². The zero-order valence-corrected chi connectivity index (χ0v) is 16.2. The zero-order chi connectivity index (χ0) is 20.1. The average molecular weight is 379 g/mol. The van der Waals surface area contributed by atoms with Crippen molar-refractivity contribution in [2.24, 2.45) is 0 Å². The molecule has 2 N–H and O–H groups in total. The highest BCUT2D eigenvalue weighted by molar-refractivity contribution is 6.10. The second-order valence-electron chi connectivity index (χ2n) is 6.94. The number of benzene rings is 2. The first-order valence-electron chi connectivity index (χ1n) is 9.58. The van der Waals surface area contributed by atoms with Gasteiger partial charge in [0, 0.05) is 5.69 Å². The lowest BCUT2D eigenvalue weighted by Gasteiger charge is -2.26. The first-order valence-corrected chi connectivity index (χ1v) is 9.58. The van der Waals surface area contributed by atoms with Gasteiger partial charge in [-0.2, -0.15) is 0 Å². The summed E-state index contributed by atoms with van der Waals surface area (Å²) < 4.78 is 0. The molecule has 1 heterocycles. The van der Waals surface area contributed by atoms with Crippen LogP contribution >= 0.6 is 0 Å². The molecule has 6 heteroatoms. The summed E-state index contributed by atoms with van der Waals surface area (Å²) in [4.78, 5) is 39.1. The van der Waals surface area contributed by atoms with E-state index < -0.39 is 17.5 Å². The molecule has 6 nitrogen and oxygen atoms in total. The highest BCUT2D eigenvalue weighted by atomic mass is 16.2. The molecule has 1 saturated heterocycles. The van der Waals surface area contributed by atoms with E-state index in [-0.39, 0.29) is 12.5 Å². The molecule has 1 aliphatic heterocycles. The van der Waals surface area contributed by atoms with Crippen LogP contribution < -0.4 is 10.6 Å². The van der Waals surface area contributed by atoms with E-state index in [2.05, 4.69) is 17.6 Å². The largest absolute Gasteiger partial charge is 0.325 e. The van der Waals surface area contributed by atoms with E-state index in [0.29, 0.717) is 18.5 Å². The summed E-state index contributed by atoms with van der Waals surface area (Å²) in [6.45, 7) is 3.69. The number of anilines is 1. The zero-order valence-electron chi connectivity index (χ0n) is 16.2. The first-order chi connectivity index (χ1) is 13.5. The van der Waals surface area contributed by atoms with Crippen molar-refractivity contribution >= 4 is 23.5 Å². The van der Waals surface area contributed by atoms with Gasteiger partial charge in [-0.05, 0) is 36.1 Å². The van der Waals surface area contributed by atoms with E-state index in [1.807, 2.05) is 61.5 Å². The molecule has 0 aliphatic carbocycles. The number of nitrogens with one attached hydrogen (secondary N) is 2. The number of hydrogen-bond donors (Lipinski definition) is 2. The van der Waals surface area contributed by atoms with Gasteiger partial charge >= 0.3 is 6.03 Å². The third-order valence-electron chi connectivity index (χ3n) is 5.01. The summed E-state index contributed by atoms with van der Waals surface area (Å²) in [5.41, 5.74) is 1.42. The molecule has 0 bridgehead atoms. The maximum Gasteiger partial charge on any atom is 0.325 e. The van der Waals surface area contributed by atoms with E-state index in [1.54, 1.807) is 0 Å². The van der Waals surface area contributed by atoms with Crippen LogP contribution in [0.25, 0.3) is 0 Å². The van der Waals surface area contributed by atoms with Gasteiger partial charge in [0.05, 0.1) is 0 Å². The molecule has 2 aromatic carbocycles. The van der Waals surface area contributed by atoms with E-state index in [9.17, 15) is 14.4 Å². The van der Waals surface area contributed by atoms with Gasteiger partial charge in [-0.15, -0.1) is 0 Å². The van der Waals surface area contributed by atoms with Gasteiger partial charge in [0.25, 0.3) is 5.91 Å². The molecule has 28 heavy (non-hydrogen) atoms. The summed E-state index contributed by atoms with van der Waals surface area (Å²) in [6, 6.07) is 16.1. The third kappa shape index (κ3) is 3.76. The number of carbonyl (C=O) groups is 3. The van der Waals surface area contributed by atoms with Crippen molar-refractivity contribution in [3.8, 4) is 0 Å². The summed E-state index contributed by atoms with van der Waals surface area (Å²) in [5.74, 6) is -0.796. The minimum Gasteiger partial charge on any atom is -0.325 e. The molecule has 3 rings (SSSR count). The fourth-order valence-corrected chi connectivity index (χ4v) is 3.54. The van der Waals surface area contributed by atoms with E-state index in [4.69, 9.17) is 0 Å². The molecular formula is C22H25N3O3. The van der Waals surface area contributed by atoms with Crippen LogP contribution in [-0.4, -0.2) is 29.3 Å². The number of imide groups is 1. The molecular weight excluding hydrogens is 354 g/mol. The Morgan fingerprint density at radius 1 is 1.04 bits per heavy atom. The van der Waals surface area contributed by atoms with Crippen LogP contribution in [0.4, 0.5) is 10.5 Å². The Labute approximate surface area is 164 Å². The van der Waals surface area contributed by atoms with Gasteiger partial charge in [0.2, 0.25) is 5.91 Å². The molecule has 2 aromatic rings. The van der Waals surface area contributed by atoms with Gasteiger partial charge in [0.15, 0.2) is 0 Å². The molecule has 0 radical (unpaired) electrons. The fraction of sp³-hybridized carbons (Fsp3) is 0.318. The normalized spacial score (nSPS) is 18.9. The van der Waals surface area contributed by atoms with Crippen molar-refractivity contribution in [1.82, 2.24) is 10.2 Å². The summed E-state index contributed by atoms with van der Waals surface area (Å²) >= 11 is 0. The van der Waals surface area contributed by atoms with Gasteiger partial charge in [0.1, 0.15) is 12.1 Å². The van der Waals surface area contributed by atoms with Gasteiger partial charge in [-0.25, -0.2) is 4.79 Å². The lowest BCUT2D eigenvalue weighted by Crippen LogP contribution is -2.44. The van der Waals surface area contributed by atoms with Crippen LogP contribution in [0.15, 0.2) is 54.6 Å². The Kier molecular flexibility index (Phi) is 5.78. The minimum absolute atomic E-state index is 0.321. The topological polar surface area (TPSA) is 78.5 Å². The summed E-state index contributed by atoms with van der Waals surface area (Å²) in [5, 5.41) is 5.57. The maximum absolute atomic E-state index is 13.2. The highest BCUT2D eigenvalue weighted by Crippen LogP contribution is 2.33. The Morgan fingerprint density at radius 2 is 1.71 bits per heavy atom. The number of amides is 4. The fourth-order valence-electron chi connectivity index (χ4n) is 3.54. The van der Waals surface area contributed by atoms with Gasteiger partial charge in [-0.3, -0.25) is 14.5 Å². The average Bonchev–Trinajstić information content (AvgIpc) is 2.94. The van der Waals surface area contributed by atoms with Crippen LogP contribution in [0.2, 0.25) is 0 Å². The second kappa shape index (κ2) is 8.25. The number of aryl methyl sites for hydroxylation is 1. The molecule has 1 fully saturated rings. The van der Waals surface area contributed by atoms with E-state index >= 15 is 0 Å². The third-order valence-corrected chi connectivity index (χ3v) is 5.01. The van der Waals surface area contributed by atoms with E-state index in [0.717, 1.165) is 16.9 Å². The van der Waals surface area contributed by atoms with Crippen LogP contribution in [0.5, 0.6) is 0 Å². The molecule has 1 atom stereocenters. The van der Waals surface area contributed by atoms with Gasteiger partial charge < -0.3 is 10.6 Å². The van der Waals surface area contributed by atoms with Crippen molar-refractivity contribution in [1.29, 1.82) is 0 Å². The summed E-state index contributed by atoms with van der Waals surface area (Å²) in [7, 11) is 0. The number of nitrogens with zero attached hydrogens (tertiary/aromatic N) is 1. The van der Waals surface area contributed by atoms with Crippen LogP contribution in [0.3, 0.4) is 0 Å². The Bertz CT molecular complexity index is 864. The molecule has 0 spiro atoms. The number of urea groups is 1. The SMILES string of the molecule is CCC[C@]1(c2ccccc2)NC(=O)N(CC(=O)Nc2ccc(CC)cc2)C1=O. The molecule has 1 aliphatic rings. The summed E-state index contributed by atoms with van der Waals surface area (Å²) in [6.07, 6.45) is 2.10. The van der Waals surface area contributed by atoms with Crippen molar-refractivity contribution in [3.63, 3.8) is 0 Å². The van der Waals surface area contributed by atoms with Crippen molar-refractivity contribution < 1.29 is 14.4 Å². The van der Waals surface area contributed by atoms with Crippen molar-refractivity contribution in [2.75, 3.05) is 11.9 Å². The lowest BCUT2D eigenvalue weighted by atomic mass is 9.85. The first kappa shape index (κ1) is 19.6. The van der Waals surface area contributed by atoms with Crippen LogP contribution in [-0.2, 0) is 21.5 Å². The Balaban J connectivity index is 1.76. The smallest absolute Gasteiger partial charge is 0.325 e. The molecule has 4 amide bonds. The Morgan fingerprint density at radius 3 is 2.32 bits per heavy atom. The van der Waals surface area contributed by atoms with E-state index in [1.165, 1.54) is 5.56 Å². The quantitative estimate of drug-likeness (QED) is 0.724. The Hall–Kier alpha value is -3.15. The molecule has 0 saturated carbocycles. The maximum atomic E-state index is 13.2. The highest BCUT2D eigenvalue weighted by Gasteiger charge is 2.52. The predicted octanol–water partition coefficient (Wildman–Crippen LogP) is 3.43. The van der Waals surface area contributed by atoms with Crippen molar-refractivity contribution in [2.45, 2.75) is 38.6 Å².